The average Bonchev–Trinajstić information content (AvgIpc) is 2.62. The van der Waals surface area contributed by atoms with Crippen LogP contribution in [0.5, 0.6) is 11.5 Å². The lowest BCUT2D eigenvalue weighted by Crippen LogP contribution is -2.46. The Morgan fingerprint density at radius 3 is 2.59 bits per heavy atom. The van der Waals surface area contributed by atoms with Crippen LogP contribution in [0, 0.1) is 10.1 Å². The molecule has 1 aromatic carbocycles. The number of benzene rings is 1. The van der Waals surface area contributed by atoms with Crippen LogP contribution in [-0.4, -0.2) is 34.7 Å². The number of phenolic OH excluding ortho intramolecular Hbond substituents is 1. The molecule has 2 amide bonds. The van der Waals surface area contributed by atoms with Crippen LogP contribution in [0.2, 0.25) is 0 Å². The largest absolute Gasteiger partial charge is 0.500 e. The van der Waals surface area contributed by atoms with Crippen molar-refractivity contribution in [3.05, 3.63) is 39.1 Å². The van der Waals surface area contributed by atoms with E-state index in [4.69, 9.17) is 9.47 Å². The van der Waals surface area contributed by atoms with Crippen LogP contribution in [0.1, 0.15) is 52.1 Å². The number of esters is 1. The minimum atomic E-state index is -1.00. The van der Waals surface area contributed by atoms with Gasteiger partial charge in [-0.05, 0) is 38.8 Å². The highest BCUT2D eigenvalue weighted by atomic mass is 16.6. The molecule has 158 valence electrons. The lowest BCUT2D eigenvalue weighted by Gasteiger charge is -2.30. The zero-order valence-electron chi connectivity index (χ0n) is 16.8. The normalized spacial score (nSPS) is 16.3. The number of nitro groups is 1. The molecule has 29 heavy (non-hydrogen) atoms. The second-order valence-electron chi connectivity index (χ2n) is 6.70. The van der Waals surface area contributed by atoms with Crippen molar-refractivity contribution in [1.82, 2.24) is 10.6 Å². The predicted octanol–water partition coefficient (Wildman–Crippen LogP) is 3.06. The van der Waals surface area contributed by atoms with Crippen LogP contribution in [0.15, 0.2) is 23.4 Å². The zero-order chi connectivity index (χ0) is 21.7. The summed E-state index contributed by atoms with van der Waals surface area (Å²) < 4.78 is 10.6. The molecule has 0 spiro atoms. The Bertz CT molecular complexity index is 848. The number of hydrogen-bond acceptors (Lipinski definition) is 7. The summed E-state index contributed by atoms with van der Waals surface area (Å²) in [4.78, 5) is 35.6. The zero-order valence-corrected chi connectivity index (χ0v) is 16.8. The van der Waals surface area contributed by atoms with Crippen molar-refractivity contribution in [2.24, 2.45) is 0 Å². The van der Waals surface area contributed by atoms with Gasteiger partial charge in [-0.1, -0.05) is 13.3 Å². The molecule has 1 atom stereocenters. The molecule has 10 nitrogen and oxygen atoms in total. The van der Waals surface area contributed by atoms with Gasteiger partial charge in [0.15, 0.2) is 5.75 Å². The molecule has 2 rings (SSSR count). The van der Waals surface area contributed by atoms with Gasteiger partial charge in [-0.2, -0.15) is 0 Å². The summed E-state index contributed by atoms with van der Waals surface area (Å²) in [6.07, 6.45) is 0.662. The fraction of sp³-hybridized carbons (Fsp3) is 0.474. The smallest absolute Gasteiger partial charge is 0.338 e. The Labute approximate surface area is 168 Å². The first-order chi connectivity index (χ1) is 13.7. The molecular weight excluding hydrogens is 382 g/mol. The van der Waals surface area contributed by atoms with Gasteiger partial charge in [0, 0.05) is 11.8 Å². The average molecular weight is 407 g/mol. The summed E-state index contributed by atoms with van der Waals surface area (Å²) >= 11 is 0. The quantitative estimate of drug-likeness (QED) is 0.342. The van der Waals surface area contributed by atoms with E-state index >= 15 is 0 Å². The van der Waals surface area contributed by atoms with Gasteiger partial charge in [-0.25, -0.2) is 9.59 Å². The van der Waals surface area contributed by atoms with E-state index in [1.54, 1.807) is 20.8 Å². The number of rotatable bonds is 8. The minimum absolute atomic E-state index is 0.113. The van der Waals surface area contributed by atoms with Crippen molar-refractivity contribution < 1.29 is 29.1 Å². The number of urea groups is 1. The number of ether oxygens (including phenoxy) is 2. The van der Waals surface area contributed by atoms with E-state index in [0.717, 1.165) is 6.07 Å². The molecule has 0 saturated heterocycles. The molecule has 3 N–H and O–H groups in total. The molecule has 0 aromatic heterocycles. The van der Waals surface area contributed by atoms with Gasteiger partial charge in [0.2, 0.25) is 5.75 Å². The maximum Gasteiger partial charge on any atom is 0.338 e. The van der Waals surface area contributed by atoms with Crippen LogP contribution in [0.3, 0.4) is 0 Å². The Morgan fingerprint density at radius 1 is 1.34 bits per heavy atom. The van der Waals surface area contributed by atoms with Gasteiger partial charge in [-0.3, -0.25) is 10.1 Å². The van der Waals surface area contributed by atoms with E-state index in [0.29, 0.717) is 18.5 Å². The summed E-state index contributed by atoms with van der Waals surface area (Å²) in [5.74, 6) is -1.38. The summed E-state index contributed by atoms with van der Waals surface area (Å²) in [6, 6.07) is 0.928. The van der Waals surface area contributed by atoms with Gasteiger partial charge >= 0.3 is 17.7 Å². The van der Waals surface area contributed by atoms with Crippen molar-refractivity contribution in [3.8, 4) is 11.5 Å². The maximum atomic E-state index is 12.8. The second-order valence-corrected chi connectivity index (χ2v) is 6.70. The number of nitro benzene ring substituents is 1. The maximum absolute atomic E-state index is 12.8. The highest BCUT2D eigenvalue weighted by Crippen LogP contribution is 2.41. The van der Waals surface area contributed by atoms with E-state index in [2.05, 4.69) is 10.6 Å². The van der Waals surface area contributed by atoms with Crippen LogP contribution in [0.4, 0.5) is 10.5 Å². The van der Waals surface area contributed by atoms with Gasteiger partial charge in [0.1, 0.15) is 0 Å². The number of aromatic hydroxyl groups is 1. The molecule has 10 heteroatoms. The number of hydrogen-bond donors (Lipinski definition) is 3. The van der Waals surface area contributed by atoms with Crippen molar-refractivity contribution in [3.63, 3.8) is 0 Å². The third kappa shape index (κ3) is 4.95. The number of nitrogens with one attached hydrogen (secondary N) is 2. The van der Waals surface area contributed by atoms with Crippen molar-refractivity contribution in [1.29, 1.82) is 0 Å². The highest BCUT2D eigenvalue weighted by molar-refractivity contribution is 5.95. The van der Waals surface area contributed by atoms with Crippen molar-refractivity contribution >= 4 is 17.7 Å². The molecule has 0 fully saturated rings. The van der Waals surface area contributed by atoms with E-state index < -0.39 is 40.5 Å². The fourth-order valence-electron chi connectivity index (χ4n) is 3.02. The highest BCUT2D eigenvalue weighted by Gasteiger charge is 2.35. The summed E-state index contributed by atoms with van der Waals surface area (Å²) in [6.45, 7) is 7.10. The number of carbonyl (C=O) groups is 2. The third-order valence-electron chi connectivity index (χ3n) is 4.12. The van der Waals surface area contributed by atoms with E-state index in [1.165, 1.54) is 6.07 Å². The lowest BCUT2D eigenvalue weighted by molar-refractivity contribution is -0.386. The second kappa shape index (κ2) is 9.26. The summed E-state index contributed by atoms with van der Waals surface area (Å²) in [5, 5.41) is 26.8. The Balaban J connectivity index is 2.67. The topological polar surface area (TPSA) is 140 Å². The first kappa shape index (κ1) is 22.0. The predicted molar refractivity (Wildman–Crippen MR) is 104 cm³/mol. The Kier molecular flexibility index (Phi) is 7.03. The van der Waals surface area contributed by atoms with Crippen LogP contribution in [0.25, 0.3) is 0 Å². The monoisotopic (exact) mass is 407 g/mol. The minimum Gasteiger partial charge on any atom is -0.500 e. The summed E-state index contributed by atoms with van der Waals surface area (Å²) in [5.41, 5.74) is 0.174. The molecular formula is C19H25N3O7. The van der Waals surface area contributed by atoms with E-state index in [-0.39, 0.29) is 23.5 Å². The molecule has 1 aliphatic heterocycles. The molecule has 1 unspecified atom stereocenters. The molecule has 0 aliphatic carbocycles. The Hall–Kier alpha value is -3.30. The van der Waals surface area contributed by atoms with Gasteiger partial charge in [0.05, 0.1) is 29.2 Å². The van der Waals surface area contributed by atoms with Crippen molar-refractivity contribution in [2.45, 2.75) is 52.7 Å². The van der Waals surface area contributed by atoms with Crippen LogP contribution in [-0.2, 0) is 9.53 Å². The molecule has 1 aliphatic rings. The van der Waals surface area contributed by atoms with Crippen molar-refractivity contribution in [2.75, 3.05) is 6.61 Å². The molecule has 1 aromatic rings. The molecule has 0 radical (unpaired) electrons. The number of nitrogens with zero attached hydrogens (tertiary/aromatic N) is 1. The number of amides is 2. The number of allylic oxidation sites excluding steroid dienone is 1. The van der Waals surface area contributed by atoms with Gasteiger partial charge in [0.25, 0.3) is 0 Å². The molecule has 1 heterocycles. The Morgan fingerprint density at radius 2 is 2.03 bits per heavy atom. The molecule has 0 bridgehead atoms. The summed E-state index contributed by atoms with van der Waals surface area (Å²) in [7, 11) is 0. The first-order valence-corrected chi connectivity index (χ1v) is 9.35. The van der Waals surface area contributed by atoms with Gasteiger partial charge in [-0.15, -0.1) is 0 Å². The van der Waals surface area contributed by atoms with E-state index in [9.17, 15) is 24.8 Å². The van der Waals surface area contributed by atoms with Crippen LogP contribution < -0.4 is 15.4 Å². The SMILES string of the molecule is CCCC1=C(C(=O)OC(C)C)C(c2cc(OCC)c(O)c([N+](=O)[O-])c2)NC(=O)N1. The molecule has 0 saturated carbocycles. The number of carbonyl (C=O) groups excluding carboxylic acids is 2. The van der Waals surface area contributed by atoms with Crippen LogP contribution >= 0.6 is 0 Å². The van der Waals surface area contributed by atoms with E-state index in [1.807, 2.05) is 6.92 Å². The third-order valence-corrected chi connectivity index (χ3v) is 4.12. The number of phenols is 1. The lowest BCUT2D eigenvalue weighted by atomic mass is 9.93. The van der Waals surface area contributed by atoms with Gasteiger partial charge < -0.3 is 25.2 Å². The standard InChI is InChI=1S/C19H25N3O7/c1-5-7-12-15(18(24)29-10(3)4)16(21-19(25)20-12)11-8-13(22(26)27)17(23)14(9-11)28-6-2/h8-10,16,23H,5-7H2,1-4H3,(H2,20,21,25). The fourth-order valence-corrected chi connectivity index (χ4v) is 3.02. The first-order valence-electron chi connectivity index (χ1n) is 9.35.